The van der Waals surface area contributed by atoms with E-state index >= 15 is 0 Å². The van der Waals surface area contributed by atoms with E-state index in [9.17, 15) is 36.0 Å². The van der Waals surface area contributed by atoms with E-state index in [1.54, 1.807) is 0 Å². The molecule has 0 unspecified atom stereocenters. The molecule has 1 aliphatic heterocycles. The third-order valence-electron chi connectivity index (χ3n) is 8.47. The van der Waals surface area contributed by atoms with Crippen LogP contribution >= 0.6 is 11.3 Å². The zero-order valence-electron chi connectivity index (χ0n) is 23.3. The molecule has 9 nitrogen and oxygen atoms in total. The third kappa shape index (κ3) is 6.28. The maximum atomic E-state index is 14.7. The van der Waals surface area contributed by atoms with Gasteiger partial charge in [-0.15, -0.1) is 21.5 Å². The molecule has 1 aromatic carbocycles. The summed E-state index contributed by atoms with van der Waals surface area (Å²) in [7, 11) is -3.05. The van der Waals surface area contributed by atoms with E-state index < -0.39 is 51.2 Å². The fourth-order valence-electron chi connectivity index (χ4n) is 5.75. The van der Waals surface area contributed by atoms with Crippen LogP contribution in [0.15, 0.2) is 36.4 Å². The number of halogens is 4. The molecule has 44 heavy (non-hydrogen) atoms. The van der Waals surface area contributed by atoms with Gasteiger partial charge in [-0.1, -0.05) is 12.1 Å². The second-order valence-electron chi connectivity index (χ2n) is 11.5. The number of aromatic nitrogens is 3. The predicted molar refractivity (Wildman–Crippen MR) is 155 cm³/mol. The van der Waals surface area contributed by atoms with Gasteiger partial charge >= 0.3 is 6.18 Å². The predicted octanol–water partition coefficient (Wildman–Crippen LogP) is 4.91. The van der Waals surface area contributed by atoms with Crippen LogP contribution in [0.5, 0.6) is 0 Å². The van der Waals surface area contributed by atoms with Crippen LogP contribution < -0.4 is 10.2 Å². The first-order valence-electron chi connectivity index (χ1n) is 14.2. The topological polar surface area (TPSA) is 129 Å². The zero-order chi connectivity index (χ0) is 31.3. The summed E-state index contributed by atoms with van der Waals surface area (Å²) in [5.74, 6) is -1.59. The van der Waals surface area contributed by atoms with Gasteiger partial charge in [0.2, 0.25) is 5.91 Å². The van der Waals surface area contributed by atoms with Gasteiger partial charge in [-0.2, -0.15) is 18.4 Å². The highest BCUT2D eigenvalue weighted by Gasteiger charge is 2.48. The number of nitrogens with zero attached hydrogens (tertiary/aromatic N) is 5. The summed E-state index contributed by atoms with van der Waals surface area (Å²) in [4.78, 5) is 20.9. The first-order chi connectivity index (χ1) is 20.9. The van der Waals surface area contributed by atoms with Crippen molar-refractivity contribution in [3.05, 3.63) is 47.8 Å². The molecule has 3 aliphatic rings. The molecule has 3 fully saturated rings. The number of hydrogen-bond acceptors (Lipinski definition) is 9. The summed E-state index contributed by atoms with van der Waals surface area (Å²) in [5, 5.41) is 19.7. The summed E-state index contributed by atoms with van der Waals surface area (Å²) in [6, 6.07) is 11.6. The second-order valence-corrected chi connectivity index (χ2v) is 14.8. The van der Waals surface area contributed by atoms with Gasteiger partial charge < -0.3 is 10.2 Å². The van der Waals surface area contributed by atoms with Gasteiger partial charge in [-0.3, -0.25) is 4.79 Å². The summed E-state index contributed by atoms with van der Waals surface area (Å²) < 4.78 is 77.8. The van der Waals surface area contributed by atoms with E-state index in [1.807, 2.05) is 29.2 Å². The highest BCUT2D eigenvalue weighted by atomic mass is 32.2. The van der Waals surface area contributed by atoms with Crippen LogP contribution in [0, 0.1) is 17.2 Å². The van der Waals surface area contributed by atoms with Gasteiger partial charge in [0, 0.05) is 30.6 Å². The monoisotopic (exact) mass is 648 g/mol. The molecule has 232 valence electrons. The summed E-state index contributed by atoms with van der Waals surface area (Å²) in [6.07, 6.45) is -4.32. The maximum absolute atomic E-state index is 14.7. The number of nitrogens with one attached hydrogen (secondary N) is 1. The average Bonchev–Trinajstić information content (AvgIpc) is 3.63. The molecular weight excluding hydrogens is 620 g/mol. The summed E-state index contributed by atoms with van der Waals surface area (Å²) in [6.45, 7) is 0.745. The Morgan fingerprint density at radius 1 is 1.07 bits per heavy atom. The number of carbonyl (C=O) groups excluding carboxylic acids is 1. The van der Waals surface area contributed by atoms with E-state index in [2.05, 4.69) is 21.6 Å². The number of thiazole rings is 1. The minimum atomic E-state index is -4.65. The minimum Gasteiger partial charge on any atom is -0.369 e. The van der Waals surface area contributed by atoms with Crippen molar-refractivity contribution in [2.45, 2.75) is 55.9 Å². The number of rotatable bonds is 6. The standard InChI is InChI=1S/C29H28F4N6O3S2/c30-18-3-6-20(21(15-18)26(40)36-28(16-34)9-10-28)24-25(43-27(35-24)22-7-8-23(38-37-22)29(31,32)33)17-1-4-19(5-2-17)39-11-13-44(41,42)14-12-39/h1-2,4-5,7-8,18,20-21H,3,6,9-15H2,(H,36,40)/t18-,20+,21+/m0/s1. The Kier molecular flexibility index (Phi) is 7.86. The van der Waals surface area contributed by atoms with Crippen LogP contribution in [0.25, 0.3) is 21.1 Å². The van der Waals surface area contributed by atoms with Crippen molar-refractivity contribution < 1.29 is 30.8 Å². The Balaban J connectivity index is 1.37. The molecule has 2 saturated carbocycles. The van der Waals surface area contributed by atoms with Gasteiger partial charge in [-0.25, -0.2) is 17.8 Å². The molecule has 1 amide bonds. The quantitative estimate of drug-likeness (QED) is 0.374. The Bertz CT molecular complexity index is 1690. The molecule has 0 bridgehead atoms. The fraction of sp³-hybridized carbons (Fsp3) is 0.483. The summed E-state index contributed by atoms with van der Waals surface area (Å²) >= 11 is 1.19. The molecule has 2 aliphatic carbocycles. The third-order valence-corrected chi connectivity index (χ3v) is 11.2. The van der Waals surface area contributed by atoms with Crippen molar-refractivity contribution in [2.75, 3.05) is 29.5 Å². The van der Waals surface area contributed by atoms with Crippen LogP contribution in [0.4, 0.5) is 23.2 Å². The molecule has 3 heterocycles. The molecule has 2 aromatic heterocycles. The van der Waals surface area contributed by atoms with Crippen molar-refractivity contribution in [1.29, 1.82) is 5.26 Å². The summed E-state index contributed by atoms with van der Waals surface area (Å²) in [5.41, 5.74) is 0.143. The molecular formula is C29H28F4N6O3S2. The van der Waals surface area contributed by atoms with Crippen molar-refractivity contribution >= 4 is 32.8 Å². The van der Waals surface area contributed by atoms with E-state index in [0.29, 0.717) is 47.9 Å². The van der Waals surface area contributed by atoms with Crippen LogP contribution in [0.2, 0.25) is 0 Å². The number of nitriles is 1. The molecule has 15 heteroatoms. The Labute approximate surface area is 255 Å². The van der Waals surface area contributed by atoms with Crippen molar-refractivity contribution in [3.8, 4) is 27.2 Å². The first-order valence-corrected chi connectivity index (χ1v) is 16.9. The fourth-order valence-corrected chi connectivity index (χ4v) is 8.05. The van der Waals surface area contributed by atoms with E-state index in [4.69, 9.17) is 4.98 Å². The van der Waals surface area contributed by atoms with Crippen molar-refractivity contribution in [1.82, 2.24) is 20.5 Å². The highest BCUT2D eigenvalue weighted by molar-refractivity contribution is 7.91. The lowest BCUT2D eigenvalue weighted by Gasteiger charge is -2.32. The van der Waals surface area contributed by atoms with Crippen LogP contribution in [-0.2, 0) is 20.8 Å². The van der Waals surface area contributed by atoms with Crippen LogP contribution in [0.3, 0.4) is 0 Å². The number of amides is 1. The molecule has 0 spiro atoms. The Morgan fingerprint density at radius 2 is 1.77 bits per heavy atom. The molecule has 3 aromatic rings. The van der Waals surface area contributed by atoms with Crippen LogP contribution in [-0.4, -0.2) is 65.8 Å². The van der Waals surface area contributed by atoms with Crippen molar-refractivity contribution in [2.24, 2.45) is 5.92 Å². The molecule has 3 atom stereocenters. The average molecular weight is 649 g/mol. The van der Waals surface area contributed by atoms with Gasteiger partial charge in [0.15, 0.2) is 15.5 Å². The number of benzene rings is 1. The zero-order valence-corrected chi connectivity index (χ0v) is 25.0. The largest absolute Gasteiger partial charge is 0.435 e. The molecule has 1 N–H and O–H groups in total. The smallest absolute Gasteiger partial charge is 0.369 e. The first kappa shape index (κ1) is 30.4. The van der Waals surface area contributed by atoms with Gasteiger partial charge in [0.25, 0.3) is 0 Å². The van der Waals surface area contributed by atoms with Gasteiger partial charge in [0.05, 0.1) is 28.1 Å². The number of carbonyl (C=O) groups is 1. The van der Waals surface area contributed by atoms with Crippen molar-refractivity contribution in [3.63, 3.8) is 0 Å². The highest BCUT2D eigenvalue weighted by Crippen LogP contribution is 2.47. The normalized spacial score (nSPS) is 24.3. The Morgan fingerprint density at radius 3 is 2.36 bits per heavy atom. The second kappa shape index (κ2) is 11.4. The van der Waals surface area contributed by atoms with E-state index in [1.165, 1.54) is 17.4 Å². The molecule has 1 saturated heterocycles. The lowest BCUT2D eigenvalue weighted by Crippen LogP contribution is -2.44. The Hall–Kier alpha value is -3.64. The minimum absolute atomic E-state index is 0.0405. The van der Waals surface area contributed by atoms with E-state index in [0.717, 1.165) is 17.3 Å². The van der Waals surface area contributed by atoms with Gasteiger partial charge in [0.1, 0.15) is 22.4 Å². The van der Waals surface area contributed by atoms with E-state index in [-0.39, 0.29) is 30.0 Å². The lowest BCUT2D eigenvalue weighted by molar-refractivity contribution is -0.141. The maximum Gasteiger partial charge on any atom is 0.435 e. The SMILES string of the molecule is N#CC1(NC(=O)[C@@H]2C[C@@H](F)CC[C@H]2c2nc(-c3ccc(C(F)(F)F)nn3)sc2-c2ccc(N3CCS(=O)(=O)CC3)cc2)CC1. The number of sulfone groups is 1. The number of hydrogen-bond donors (Lipinski definition) is 1. The van der Waals surface area contributed by atoms with Gasteiger partial charge in [-0.05, 0) is 61.9 Å². The molecule has 0 radical (unpaired) electrons. The molecule has 6 rings (SSSR count). The number of alkyl halides is 4. The number of anilines is 1. The lowest BCUT2D eigenvalue weighted by atomic mass is 9.75. The van der Waals surface area contributed by atoms with Crippen LogP contribution in [0.1, 0.15) is 49.4 Å².